The molecule has 1 saturated heterocycles. The fraction of sp³-hybridized carbons (Fsp3) is 0.667. The molecule has 1 aromatic carbocycles. The van der Waals surface area contributed by atoms with Crippen LogP contribution in [0.3, 0.4) is 0 Å². The van der Waals surface area contributed by atoms with E-state index in [-0.39, 0.29) is 17.9 Å². The van der Waals surface area contributed by atoms with Crippen molar-refractivity contribution in [1.82, 2.24) is 10.2 Å². The minimum Gasteiger partial charge on any atom is -0.476 e. The average molecular weight is 440 g/mol. The van der Waals surface area contributed by atoms with E-state index >= 15 is 0 Å². The Morgan fingerprint density at radius 3 is 2.57 bits per heavy atom. The van der Waals surface area contributed by atoms with Gasteiger partial charge in [-0.25, -0.2) is 8.42 Å². The number of carbonyl (C=O) groups excluding carboxylic acids is 1. The Kier molecular flexibility index (Phi) is 6.94. The van der Waals surface area contributed by atoms with Gasteiger partial charge in [0.2, 0.25) is 10.0 Å². The van der Waals surface area contributed by atoms with Crippen LogP contribution >= 0.6 is 0 Å². The van der Waals surface area contributed by atoms with Gasteiger partial charge in [-0.05, 0) is 36.1 Å². The largest absolute Gasteiger partial charge is 0.476 e. The minimum atomic E-state index is -3.55. The summed E-state index contributed by atoms with van der Waals surface area (Å²) in [6, 6.07) is 5.51. The van der Waals surface area contributed by atoms with Crippen molar-refractivity contribution in [2.24, 2.45) is 0 Å². The zero-order valence-electron chi connectivity index (χ0n) is 18.3. The molecule has 1 amide bonds. The molecular weight excluding hydrogens is 406 g/mol. The number of morpholine rings is 1. The predicted molar refractivity (Wildman–Crippen MR) is 117 cm³/mol. The zero-order valence-corrected chi connectivity index (χ0v) is 19.1. The molecule has 0 saturated carbocycles. The van der Waals surface area contributed by atoms with Gasteiger partial charge in [-0.2, -0.15) is 0 Å². The lowest BCUT2D eigenvalue weighted by molar-refractivity contribution is -0.127. The highest BCUT2D eigenvalue weighted by atomic mass is 32.2. The summed E-state index contributed by atoms with van der Waals surface area (Å²) < 4.78 is 37.4. The number of fused-ring (bicyclic) bond motifs is 1. The van der Waals surface area contributed by atoms with Gasteiger partial charge < -0.3 is 14.8 Å². The van der Waals surface area contributed by atoms with E-state index in [1.165, 1.54) is 4.31 Å². The van der Waals surface area contributed by atoms with Gasteiger partial charge >= 0.3 is 0 Å². The molecule has 30 heavy (non-hydrogen) atoms. The first-order valence-corrected chi connectivity index (χ1v) is 12.3. The van der Waals surface area contributed by atoms with Gasteiger partial charge in [0.1, 0.15) is 5.75 Å². The molecule has 1 unspecified atom stereocenters. The summed E-state index contributed by atoms with van der Waals surface area (Å²) in [4.78, 5) is 15.0. The number of nitrogens with one attached hydrogen (secondary N) is 1. The topological polar surface area (TPSA) is 88.2 Å². The number of anilines is 1. The molecule has 0 bridgehead atoms. The van der Waals surface area contributed by atoms with Crippen molar-refractivity contribution in [2.45, 2.75) is 38.7 Å². The lowest BCUT2D eigenvalue weighted by Crippen LogP contribution is -2.50. The van der Waals surface area contributed by atoms with Crippen molar-refractivity contribution in [3.63, 3.8) is 0 Å². The maximum atomic E-state index is 12.7. The molecule has 0 aliphatic carbocycles. The van der Waals surface area contributed by atoms with Gasteiger partial charge in [-0.1, -0.05) is 26.8 Å². The first-order chi connectivity index (χ1) is 14.1. The molecule has 0 aromatic heterocycles. The highest BCUT2D eigenvalue weighted by Gasteiger charge is 2.35. The molecule has 1 N–H and O–H groups in total. The normalized spacial score (nSPS) is 20.4. The Morgan fingerprint density at radius 1 is 1.23 bits per heavy atom. The van der Waals surface area contributed by atoms with Gasteiger partial charge in [-0.15, -0.1) is 0 Å². The van der Waals surface area contributed by atoms with E-state index in [0.717, 1.165) is 51.1 Å². The van der Waals surface area contributed by atoms with Crippen LogP contribution in [0.2, 0.25) is 0 Å². The third-order valence-electron chi connectivity index (χ3n) is 5.44. The van der Waals surface area contributed by atoms with Crippen LogP contribution in [0, 0.1) is 0 Å². The Labute approximate surface area is 179 Å². The van der Waals surface area contributed by atoms with Crippen LogP contribution in [-0.2, 0) is 25.0 Å². The van der Waals surface area contributed by atoms with Crippen molar-refractivity contribution in [2.75, 3.05) is 56.5 Å². The summed E-state index contributed by atoms with van der Waals surface area (Å²) >= 11 is 0. The molecule has 8 nitrogen and oxygen atoms in total. The molecule has 2 aliphatic rings. The maximum absolute atomic E-state index is 12.7. The van der Waals surface area contributed by atoms with E-state index in [2.05, 4.69) is 31.0 Å². The van der Waals surface area contributed by atoms with Crippen molar-refractivity contribution in [3.8, 4) is 5.75 Å². The number of benzene rings is 1. The first kappa shape index (κ1) is 22.8. The van der Waals surface area contributed by atoms with Crippen LogP contribution in [0.1, 0.15) is 32.8 Å². The van der Waals surface area contributed by atoms with Gasteiger partial charge in [0.05, 0.1) is 31.7 Å². The molecule has 0 spiro atoms. The van der Waals surface area contributed by atoms with E-state index in [4.69, 9.17) is 9.47 Å². The van der Waals surface area contributed by atoms with Crippen LogP contribution in [0.5, 0.6) is 5.75 Å². The lowest BCUT2D eigenvalue weighted by atomic mass is 9.86. The monoisotopic (exact) mass is 439 g/mol. The van der Waals surface area contributed by atoms with E-state index in [9.17, 15) is 13.2 Å². The average Bonchev–Trinajstić information content (AvgIpc) is 2.69. The number of hydrogen-bond donors (Lipinski definition) is 1. The molecule has 2 aliphatic heterocycles. The first-order valence-electron chi connectivity index (χ1n) is 10.4. The van der Waals surface area contributed by atoms with Crippen LogP contribution in [-0.4, -0.2) is 77.5 Å². The van der Waals surface area contributed by atoms with Crippen molar-refractivity contribution >= 4 is 21.6 Å². The molecule has 1 aromatic rings. The summed E-state index contributed by atoms with van der Waals surface area (Å²) in [5, 5.41) is 2.89. The van der Waals surface area contributed by atoms with Crippen molar-refractivity contribution in [1.29, 1.82) is 0 Å². The second-order valence-corrected chi connectivity index (χ2v) is 10.8. The summed E-state index contributed by atoms with van der Waals surface area (Å²) in [6.45, 7) is 10.9. The van der Waals surface area contributed by atoms with Crippen LogP contribution in [0.25, 0.3) is 0 Å². The Morgan fingerprint density at radius 2 is 1.93 bits per heavy atom. The highest BCUT2D eigenvalue weighted by Crippen LogP contribution is 2.38. The maximum Gasteiger partial charge on any atom is 0.263 e. The molecule has 2 heterocycles. The molecule has 168 valence electrons. The molecule has 1 fully saturated rings. The quantitative estimate of drug-likeness (QED) is 0.673. The lowest BCUT2D eigenvalue weighted by Gasteiger charge is -2.35. The fourth-order valence-corrected chi connectivity index (χ4v) is 4.53. The van der Waals surface area contributed by atoms with Crippen LogP contribution in [0.15, 0.2) is 18.2 Å². The van der Waals surface area contributed by atoms with Gasteiger partial charge in [0.15, 0.2) is 6.10 Å². The summed E-state index contributed by atoms with van der Waals surface area (Å²) in [5.41, 5.74) is 1.36. The smallest absolute Gasteiger partial charge is 0.263 e. The van der Waals surface area contributed by atoms with Gasteiger partial charge in [0.25, 0.3) is 5.91 Å². The Hall–Kier alpha value is -1.84. The van der Waals surface area contributed by atoms with E-state index < -0.39 is 16.1 Å². The van der Waals surface area contributed by atoms with E-state index in [0.29, 0.717) is 18.0 Å². The van der Waals surface area contributed by atoms with Crippen LogP contribution < -0.4 is 14.4 Å². The number of nitrogens with zero attached hydrogens (tertiary/aromatic N) is 2. The molecule has 1 atom stereocenters. The van der Waals surface area contributed by atoms with Crippen molar-refractivity contribution < 1.29 is 22.7 Å². The van der Waals surface area contributed by atoms with Gasteiger partial charge in [-0.3, -0.25) is 14.0 Å². The molecule has 9 heteroatoms. The Balaban J connectivity index is 1.65. The third kappa shape index (κ3) is 5.65. The molecular formula is C21H33N3O5S. The SMILES string of the molecule is CC(C)(C)c1ccc2c(c1)N(S(C)(=O)=O)CC(C(=O)NCCCN1CCOCC1)O2. The Bertz CT molecular complexity index is 860. The zero-order chi connectivity index (χ0) is 21.9. The summed E-state index contributed by atoms with van der Waals surface area (Å²) in [6.07, 6.45) is 1.10. The number of hydrogen-bond acceptors (Lipinski definition) is 6. The standard InChI is InChI=1S/C21H33N3O5S/c1-21(2,3)16-6-7-18-17(14-16)24(30(4,26)27)15-19(29-18)20(25)22-8-5-9-23-10-12-28-13-11-23/h6-7,14,19H,5,8-13,15H2,1-4H3,(H,22,25). The fourth-order valence-electron chi connectivity index (χ4n) is 3.62. The van der Waals surface area contributed by atoms with E-state index in [1.54, 1.807) is 6.07 Å². The highest BCUT2D eigenvalue weighted by molar-refractivity contribution is 7.92. The van der Waals surface area contributed by atoms with Crippen LogP contribution in [0.4, 0.5) is 5.69 Å². The number of carbonyl (C=O) groups is 1. The molecule has 3 rings (SSSR count). The predicted octanol–water partition coefficient (Wildman–Crippen LogP) is 1.35. The minimum absolute atomic E-state index is 0.0330. The third-order valence-corrected chi connectivity index (χ3v) is 6.59. The number of rotatable bonds is 6. The van der Waals surface area contributed by atoms with Gasteiger partial charge in [0, 0.05) is 19.6 Å². The summed E-state index contributed by atoms with van der Waals surface area (Å²) in [7, 11) is -3.55. The number of ether oxygens (including phenoxy) is 2. The van der Waals surface area contributed by atoms with Crippen molar-refractivity contribution in [3.05, 3.63) is 23.8 Å². The second kappa shape index (κ2) is 9.11. The second-order valence-electron chi connectivity index (χ2n) is 8.93. The molecule has 0 radical (unpaired) electrons. The number of sulfonamides is 1. The van der Waals surface area contributed by atoms with E-state index in [1.807, 2.05) is 12.1 Å². The summed E-state index contributed by atoms with van der Waals surface area (Å²) in [5.74, 6) is 0.115. The number of amides is 1.